The van der Waals surface area contributed by atoms with E-state index >= 15 is 0 Å². The molecule has 2 aromatic rings. The fourth-order valence-corrected chi connectivity index (χ4v) is 6.49. The van der Waals surface area contributed by atoms with E-state index in [1.54, 1.807) is 0 Å². The summed E-state index contributed by atoms with van der Waals surface area (Å²) in [6, 6.07) is 12.6. The first-order chi connectivity index (χ1) is 16.5. The van der Waals surface area contributed by atoms with Crippen LogP contribution in [0.1, 0.15) is 49.1 Å². The van der Waals surface area contributed by atoms with Crippen LogP contribution < -0.4 is 9.62 Å². The van der Waals surface area contributed by atoms with Gasteiger partial charge in [-0.15, -0.1) is 0 Å². The Hall–Kier alpha value is -2.29. The van der Waals surface area contributed by atoms with Crippen molar-refractivity contribution in [3.8, 4) is 0 Å². The average Bonchev–Trinajstić information content (AvgIpc) is 3.33. The average molecular weight is 483 g/mol. The molecule has 7 nitrogen and oxygen atoms in total. The van der Waals surface area contributed by atoms with Gasteiger partial charge in [0, 0.05) is 43.9 Å². The summed E-state index contributed by atoms with van der Waals surface area (Å²) in [6.07, 6.45) is 11.2. The van der Waals surface area contributed by atoms with Crippen molar-refractivity contribution >= 4 is 27.7 Å². The molecule has 2 atom stereocenters. The van der Waals surface area contributed by atoms with E-state index in [0.29, 0.717) is 19.1 Å². The largest absolute Gasteiger partial charge is 0.378 e. The van der Waals surface area contributed by atoms with Crippen LogP contribution in [0.25, 0.3) is 0 Å². The standard InChI is InChI=1S/C26H34N4O3S/c1-34(31,32)29-24-13-16-30(26-25-21(11-14-27-25)12-15-28-26)17-22(24)18-33-23-9-7-20(8-10-23)19-5-3-2-4-6-19/h2-6,12,14-15,20,22-24,29H,7-11,13,16-18H2,1H3/t20?,22?,23?,24-/m0/s1. The molecule has 1 saturated carbocycles. The third-order valence-electron chi connectivity index (χ3n) is 7.41. The summed E-state index contributed by atoms with van der Waals surface area (Å²) < 4.78 is 33.3. The number of hydrogen-bond donors (Lipinski definition) is 1. The Morgan fingerprint density at radius 3 is 2.65 bits per heavy atom. The highest BCUT2D eigenvalue weighted by molar-refractivity contribution is 7.88. The van der Waals surface area contributed by atoms with Crippen molar-refractivity contribution in [1.29, 1.82) is 0 Å². The molecule has 1 aliphatic carbocycles. The lowest BCUT2D eigenvalue weighted by Gasteiger charge is -2.40. The Balaban J connectivity index is 1.23. The van der Waals surface area contributed by atoms with Crippen LogP contribution in [0, 0.1) is 5.92 Å². The Morgan fingerprint density at radius 2 is 1.88 bits per heavy atom. The Labute approximate surface area is 202 Å². The molecule has 5 rings (SSSR count). The Bertz CT molecular complexity index is 1110. The summed E-state index contributed by atoms with van der Waals surface area (Å²) in [5.74, 6) is 1.56. The normalized spacial score (nSPS) is 27.0. The van der Waals surface area contributed by atoms with Gasteiger partial charge in [0.15, 0.2) is 5.82 Å². The van der Waals surface area contributed by atoms with Gasteiger partial charge in [-0.25, -0.2) is 18.1 Å². The van der Waals surface area contributed by atoms with Crippen LogP contribution in [0.3, 0.4) is 0 Å². The molecule has 1 aromatic heterocycles. The molecule has 1 unspecified atom stereocenters. The zero-order valence-corrected chi connectivity index (χ0v) is 20.6. The molecule has 182 valence electrons. The fourth-order valence-electron chi connectivity index (χ4n) is 5.62. The molecule has 0 bridgehead atoms. The SMILES string of the molecule is CS(=O)(=O)N[C@H]1CCN(c2nccc3c2N=CC3)CC1COC1CCC(c2ccccc2)CC1. The summed E-state index contributed by atoms with van der Waals surface area (Å²) >= 11 is 0. The van der Waals surface area contributed by atoms with Crippen LogP contribution in [0.5, 0.6) is 0 Å². The Morgan fingerprint density at radius 1 is 1.09 bits per heavy atom. The van der Waals surface area contributed by atoms with E-state index in [-0.39, 0.29) is 18.1 Å². The highest BCUT2D eigenvalue weighted by atomic mass is 32.2. The molecule has 3 heterocycles. The topological polar surface area (TPSA) is 83.9 Å². The van der Waals surface area contributed by atoms with E-state index in [4.69, 9.17) is 4.74 Å². The number of pyridine rings is 1. The number of hydrogen-bond acceptors (Lipinski definition) is 6. The third kappa shape index (κ3) is 5.50. The number of aliphatic imine (C=N–C) groups is 1. The number of fused-ring (bicyclic) bond motifs is 1. The second-order valence-corrected chi connectivity index (χ2v) is 11.6. The second kappa shape index (κ2) is 10.1. The zero-order valence-electron chi connectivity index (χ0n) is 19.8. The molecule has 1 saturated heterocycles. The van der Waals surface area contributed by atoms with Crippen molar-refractivity contribution in [2.75, 3.05) is 30.9 Å². The number of sulfonamides is 1. The van der Waals surface area contributed by atoms with Crippen molar-refractivity contribution in [1.82, 2.24) is 9.71 Å². The molecule has 1 aromatic carbocycles. The molecule has 34 heavy (non-hydrogen) atoms. The predicted octanol–water partition coefficient (Wildman–Crippen LogP) is 3.83. The van der Waals surface area contributed by atoms with E-state index in [0.717, 1.165) is 56.6 Å². The number of nitrogens with zero attached hydrogens (tertiary/aromatic N) is 3. The van der Waals surface area contributed by atoms with Gasteiger partial charge in [-0.2, -0.15) is 0 Å². The number of rotatable bonds is 7. The van der Waals surface area contributed by atoms with Gasteiger partial charge in [0.1, 0.15) is 5.69 Å². The van der Waals surface area contributed by atoms with Crippen LogP contribution in [0.4, 0.5) is 11.5 Å². The molecule has 2 fully saturated rings. The molecule has 8 heteroatoms. The van der Waals surface area contributed by atoms with Crippen molar-refractivity contribution in [2.24, 2.45) is 10.9 Å². The van der Waals surface area contributed by atoms with Gasteiger partial charge >= 0.3 is 0 Å². The van der Waals surface area contributed by atoms with Crippen LogP contribution >= 0.6 is 0 Å². The van der Waals surface area contributed by atoms with E-state index in [1.807, 2.05) is 18.5 Å². The van der Waals surface area contributed by atoms with Gasteiger partial charge in [0.25, 0.3) is 0 Å². The van der Waals surface area contributed by atoms with Crippen molar-refractivity contribution < 1.29 is 13.2 Å². The van der Waals surface area contributed by atoms with Crippen molar-refractivity contribution in [3.05, 3.63) is 53.7 Å². The van der Waals surface area contributed by atoms with Crippen molar-refractivity contribution in [2.45, 2.75) is 56.6 Å². The maximum atomic E-state index is 12.0. The van der Waals surface area contributed by atoms with Gasteiger partial charge in [-0.1, -0.05) is 30.3 Å². The van der Waals surface area contributed by atoms with E-state index in [9.17, 15) is 8.42 Å². The number of ether oxygens (including phenoxy) is 1. The molecule has 3 aliphatic rings. The number of aromatic nitrogens is 1. The Kier molecular flexibility index (Phi) is 6.99. The smallest absolute Gasteiger partial charge is 0.208 e. The van der Waals surface area contributed by atoms with Gasteiger partial charge in [0.2, 0.25) is 10.0 Å². The molecular weight excluding hydrogens is 448 g/mol. The molecular formula is C26H34N4O3S. The minimum atomic E-state index is -3.29. The predicted molar refractivity (Wildman–Crippen MR) is 136 cm³/mol. The highest BCUT2D eigenvalue weighted by Gasteiger charge is 2.34. The van der Waals surface area contributed by atoms with Gasteiger partial charge in [-0.05, 0) is 55.2 Å². The molecule has 0 spiro atoms. The zero-order chi connectivity index (χ0) is 23.5. The van der Waals surface area contributed by atoms with Crippen LogP contribution in [-0.2, 0) is 21.2 Å². The lowest BCUT2D eigenvalue weighted by Crippen LogP contribution is -2.52. The maximum absolute atomic E-state index is 12.0. The summed E-state index contributed by atoms with van der Waals surface area (Å²) in [6.45, 7) is 1.99. The second-order valence-electron chi connectivity index (χ2n) is 9.87. The van der Waals surface area contributed by atoms with E-state index < -0.39 is 10.0 Å². The fraction of sp³-hybridized carbons (Fsp3) is 0.538. The minimum absolute atomic E-state index is 0.0540. The van der Waals surface area contributed by atoms with Gasteiger partial charge < -0.3 is 9.64 Å². The van der Waals surface area contributed by atoms with Crippen molar-refractivity contribution in [3.63, 3.8) is 0 Å². The first-order valence-electron chi connectivity index (χ1n) is 12.4. The number of anilines is 1. The summed E-state index contributed by atoms with van der Waals surface area (Å²) in [5, 5.41) is 0. The summed E-state index contributed by atoms with van der Waals surface area (Å²) in [5.41, 5.74) is 3.58. The quantitative estimate of drug-likeness (QED) is 0.649. The maximum Gasteiger partial charge on any atom is 0.208 e. The molecule has 2 aliphatic heterocycles. The van der Waals surface area contributed by atoms with E-state index in [2.05, 4.69) is 49.9 Å². The van der Waals surface area contributed by atoms with Crippen LogP contribution in [0.2, 0.25) is 0 Å². The first kappa shape index (κ1) is 23.5. The van der Waals surface area contributed by atoms with Gasteiger partial charge in [0.05, 0.1) is 19.0 Å². The summed E-state index contributed by atoms with van der Waals surface area (Å²) in [4.78, 5) is 11.4. The summed E-state index contributed by atoms with van der Waals surface area (Å²) in [7, 11) is -3.29. The van der Waals surface area contributed by atoms with E-state index in [1.165, 1.54) is 17.4 Å². The third-order valence-corrected chi connectivity index (χ3v) is 8.14. The molecule has 1 N–H and O–H groups in total. The van der Waals surface area contributed by atoms with Gasteiger partial charge in [-0.3, -0.25) is 4.99 Å². The lowest BCUT2D eigenvalue weighted by molar-refractivity contribution is -0.00213. The number of piperidine rings is 1. The highest BCUT2D eigenvalue weighted by Crippen LogP contribution is 2.37. The lowest BCUT2D eigenvalue weighted by atomic mass is 9.82. The van der Waals surface area contributed by atoms with Crippen LogP contribution in [0.15, 0.2) is 47.6 Å². The molecule has 0 radical (unpaired) electrons. The molecule has 0 amide bonds. The monoisotopic (exact) mass is 482 g/mol. The number of nitrogens with one attached hydrogen (secondary N) is 1. The minimum Gasteiger partial charge on any atom is -0.378 e. The van der Waals surface area contributed by atoms with Crippen LogP contribution in [-0.4, -0.2) is 57.7 Å². The first-order valence-corrected chi connectivity index (χ1v) is 14.2. The number of benzene rings is 1.